The molecular weight excluding hydrogens is 354 g/mol. The number of halogens is 1. The second-order valence-electron chi connectivity index (χ2n) is 6.21. The monoisotopic (exact) mass is 373 g/mol. The van der Waals surface area contributed by atoms with Crippen LogP contribution in [0.4, 0.5) is 17.5 Å². The Morgan fingerprint density at radius 2 is 1.92 bits per heavy atom. The number of carbonyl (C=O) groups excluding carboxylic acids is 1. The lowest BCUT2D eigenvalue weighted by atomic mass is 10.3. The number of anilines is 3. The first kappa shape index (κ1) is 17.1. The van der Waals surface area contributed by atoms with Crippen molar-refractivity contribution in [3.8, 4) is 0 Å². The Balaban J connectivity index is 1.57. The highest BCUT2D eigenvalue weighted by molar-refractivity contribution is 6.20. The molecule has 2 aromatic rings. The van der Waals surface area contributed by atoms with E-state index in [0.29, 0.717) is 25.6 Å². The van der Waals surface area contributed by atoms with Crippen molar-refractivity contribution < 1.29 is 9.53 Å². The van der Waals surface area contributed by atoms with E-state index < -0.39 is 0 Å². The molecule has 0 aliphatic carbocycles. The molecule has 7 nitrogen and oxygen atoms in total. The SMILES string of the molecule is O=CC1N(c2ccccc2)CCN1c1ccnc(N2CCOC(Cl)C2)n1. The third-order valence-corrected chi connectivity index (χ3v) is 4.92. The first-order valence-electron chi connectivity index (χ1n) is 8.63. The summed E-state index contributed by atoms with van der Waals surface area (Å²) in [6, 6.07) is 11.8. The van der Waals surface area contributed by atoms with Gasteiger partial charge in [-0.3, -0.25) is 4.79 Å². The van der Waals surface area contributed by atoms with E-state index in [9.17, 15) is 4.79 Å². The Morgan fingerprint density at radius 1 is 1.12 bits per heavy atom. The van der Waals surface area contributed by atoms with E-state index in [4.69, 9.17) is 16.3 Å². The van der Waals surface area contributed by atoms with E-state index in [2.05, 4.69) is 14.9 Å². The van der Waals surface area contributed by atoms with Crippen LogP contribution in [-0.4, -0.2) is 60.8 Å². The maximum absolute atomic E-state index is 11.8. The lowest BCUT2D eigenvalue weighted by Gasteiger charge is -2.31. The molecule has 26 heavy (non-hydrogen) atoms. The summed E-state index contributed by atoms with van der Waals surface area (Å²) in [5.74, 6) is 1.35. The molecule has 4 rings (SSSR count). The van der Waals surface area contributed by atoms with Gasteiger partial charge in [0.25, 0.3) is 0 Å². The van der Waals surface area contributed by atoms with Gasteiger partial charge < -0.3 is 19.4 Å². The van der Waals surface area contributed by atoms with Crippen molar-refractivity contribution >= 4 is 35.3 Å². The molecule has 3 heterocycles. The van der Waals surface area contributed by atoms with Gasteiger partial charge in [-0.25, -0.2) is 4.98 Å². The predicted octanol–water partition coefficient (Wildman–Crippen LogP) is 1.73. The van der Waals surface area contributed by atoms with Crippen LogP contribution < -0.4 is 14.7 Å². The van der Waals surface area contributed by atoms with Gasteiger partial charge in [0.2, 0.25) is 5.95 Å². The maximum atomic E-state index is 11.8. The summed E-state index contributed by atoms with van der Waals surface area (Å²) in [6.07, 6.45) is 2.31. The molecule has 0 spiro atoms. The van der Waals surface area contributed by atoms with Gasteiger partial charge in [-0.05, 0) is 18.2 Å². The Labute approximate surface area is 157 Å². The molecule has 136 valence electrons. The number of ether oxygens (including phenoxy) is 1. The molecule has 2 unspecified atom stereocenters. The Bertz CT molecular complexity index is 762. The molecule has 2 saturated heterocycles. The number of aromatic nitrogens is 2. The summed E-state index contributed by atoms with van der Waals surface area (Å²) in [7, 11) is 0. The fourth-order valence-electron chi connectivity index (χ4n) is 3.39. The zero-order valence-electron chi connectivity index (χ0n) is 14.2. The van der Waals surface area contributed by atoms with E-state index in [0.717, 1.165) is 30.9 Å². The van der Waals surface area contributed by atoms with Gasteiger partial charge in [-0.15, -0.1) is 0 Å². The van der Waals surface area contributed by atoms with Crippen LogP contribution in [0.25, 0.3) is 0 Å². The number of hydrogen-bond donors (Lipinski definition) is 0. The van der Waals surface area contributed by atoms with Crippen LogP contribution in [0.3, 0.4) is 0 Å². The maximum Gasteiger partial charge on any atom is 0.227 e. The standard InChI is InChI=1S/C18H20ClN5O2/c19-15-12-22(10-11-26-15)18-20-7-6-16(21-18)24-9-8-23(17(24)13-25)14-4-2-1-3-5-14/h1-7,13,15,17H,8-12H2. The van der Waals surface area contributed by atoms with Crippen molar-refractivity contribution in [2.75, 3.05) is 47.5 Å². The van der Waals surface area contributed by atoms with Gasteiger partial charge in [0.05, 0.1) is 13.2 Å². The van der Waals surface area contributed by atoms with Crippen LogP contribution in [0.15, 0.2) is 42.6 Å². The van der Waals surface area contributed by atoms with Gasteiger partial charge in [-0.1, -0.05) is 29.8 Å². The number of aldehydes is 1. The van der Waals surface area contributed by atoms with Gasteiger partial charge >= 0.3 is 0 Å². The molecule has 8 heteroatoms. The minimum Gasteiger partial charge on any atom is -0.359 e. The number of rotatable bonds is 4. The Kier molecular flexibility index (Phi) is 4.90. The highest BCUT2D eigenvalue weighted by Crippen LogP contribution is 2.27. The summed E-state index contributed by atoms with van der Waals surface area (Å²) in [6.45, 7) is 3.26. The smallest absolute Gasteiger partial charge is 0.227 e. The second-order valence-corrected chi connectivity index (χ2v) is 6.70. The summed E-state index contributed by atoms with van der Waals surface area (Å²) in [5, 5.41) is 0. The number of hydrogen-bond acceptors (Lipinski definition) is 7. The van der Waals surface area contributed by atoms with Crippen LogP contribution in [0.2, 0.25) is 0 Å². The third kappa shape index (κ3) is 3.32. The number of para-hydroxylation sites is 1. The van der Waals surface area contributed by atoms with Gasteiger partial charge in [-0.2, -0.15) is 4.98 Å². The molecule has 2 aliphatic rings. The Hall–Kier alpha value is -2.38. The van der Waals surface area contributed by atoms with Gasteiger partial charge in [0, 0.05) is 31.5 Å². The normalized spacial score (nSPS) is 23.3. The van der Waals surface area contributed by atoms with E-state index in [1.807, 2.05) is 46.2 Å². The quantitative estimate of drug-likeness (QED) is 0.597. The van der Waals surface area contributed by atoms with Crippen molar-refractivity contribution in [3.63, 3.8) is 0 Å². The van der Waals surface area contributed by atoms with Crippen LogP contribution in [-0.2, 0) is 9.53 Å². The lowest BCUT2D eigenvalue weighted by Crippen LogP contribution is -2.42. The number of carbonyl (C=O) groups is 1. The first-order chi connectivity index (χ1) is 12.8. The molecule has 0 amide bonds. The first-order valence-corrected chi connectivity index (χ1v) is 9.07. The van der Waals surface area contributed by atoms with Crippen molar-refractivity contribution in [2.24, 2.45) is 0 Å². The van der Waals surface area contributed by atoms with Crippen molar-refractivity contribution in [2.45, 2.75) is 11.7 Å². The van der Waals surface area contributed by atoms with E-state index in [-0.39, 0.29) is 11.7 Å². The third-order valence-electron chi connectivity index (χ3n) is 4.66. The highest BCUT2D eigenvalue weighted by Gasteiger charge is 2.33. The molecule has 0 radical (unpaired) electrons. The van der Waals surface area contributed by atoms with Crippen LogP contribution in [0.5, 0.6) is 0 Å². The highest BCUT2D eigenvalue weighted by atomic mass is 35.5. The van der Waals surface area contributed by atoms with Gasteiger partial charge in [0.15, 0.2) is 12.5 Å². The average molecular weight is 374 g/mol. The minimum atomic E-state index is -0.384. The molecular formula is C18H20ClN5O2. The summed E-state index contributed by atoms with van der Waals surface area (Å²) >= 11 is 6.08. The number of benzene rings is 1. The molecule has 0 bridgehead atoms. The molecule has 2 aliphatic heterocycles. The lowest BCUT2D eigenvalue weighted by molar-refractivity contribution is -0.108. The zero-order valence-corrected chi connectivity index (χ0v) is 15.0. The largest absolute Gasteiger partial charge is 0.359 e. The molecule has 2 fully saturated rings. The van der Waals surface area contributed by atoms with Gasteiger partial charge in [0.1, 0.15) is 11.4 Å². The van der Waals surface area contributed by atoms with E-state index >= 15 is 0 Å². The number of morpholine rings is 1. The van der Waals surface area contributed by atoms with Crippen molar-refractivity contribution in [1.29, 1.82) is 0 Å². The summed E-state index contributed by atoms with van der Waals surface area (Å²) in [4.78, 5) is 27.0. The topological polar surface area (TPSA) is 61.8 Å². The molecule has 1 aromatic carbocycles. The predicted molar refractivity (Wildman–Crippen MR) is 101 cm³/mol. The van der Waals surface area contributed by atoms with Crippen LogP contribution >= 0.6 is 11.6 Å². The van der Waals surface area contributed by atoms with E-state index in [1.54, 1.807) is 6.20 Å². The fraction of sp³-hybridized carbons (Fsp3) is 0.389. The zero-order chi connectivity index (χ0) is 17.9. The fourth-order valence-corrected chi connectivity index (χ4v) is 3.64. The van der Waals surface area contributed by atoms with Crippen LogP contribution in [0.1, 0.15) is 0 Å². The van der Waals surface area contributed by atoms with Crippen LogP contribution in [0, 0.1) is 0 Å². The molecule has 2 atom stereocenters. The molecule has 0 saturated carbocycles. The number of nitrogens with zero attached hydrogens (tertiary/aromatic N) is 5. The van der Waals surface area contributed by atoms with E-state index in [1.165, 1.54) is 0 Å². The Morgan fingerprint density at radius 3 is 2.69 bits per heavy atom. The summed E-state index contributed by atoms with van der Waals surface area (Å²) < 4.78 is 5.36. The average Bonchev–Trinajstić information content (AvgIpc) is 3.13. The van der Waals surface area contributed by atoms with Crippen molar-refractivity contribution in [1.82, 2.24) is 9.97 Å². The minimum absolute atomic E-state index is 0.362. The summed E-state index contributed by atoms with van der Waals surface area (Å²) in [5.41, 5.74) is 0.665. The van der Waals surface area contributed by atoms with Crippen molar-refractivity contribution in [3.05, 3.63) is 42.6 Å². The second kappa shape index (κ2) is 7.47. The molecule has 0 N–H and O–H groups in total. The number of alkyl halides is 1. The molecule has 1 aromatic heterocycles.